The SMILES string of the molecule is CC(C)CCC[C@@H](C)[C@H]1CC[C@H]2[C@@H]3CC=C4C[C@@H](OC(=O)CCCCCNC(=O)[C@H](N)CCCN=C(N)N)CC[C@]4(C)[C@H]3CC[C@]12C.O=C(O)C(F)(F)F.O=C(O)C(F)(F)F. The van der Waals surface area contributed by atoms with E-state index in [-0.39, 0.29) is 29.4 Å². The van der Waals surface area contributed by atoms with E-state index in [2.05, 4.69) is 51.0 Å². The fraction of sp³-hybridized carbons (Fsp3) is 0.837. The van der Waals surface area contributed by atoms with Gasteiger partial charge in [-0.3, -0.25) is 14.6 Å². The Morgan fingerprint density at radius 2 is 1.48 bits per heavy atom. The number of fused-ring (bicyclic) bond motifs is 5. The molecule has 0 radical (unpaired) electrons. The summed E-state index contributed by atoms with van der Waals surface area (Å²) < 4.78 is 69.5. The molecular formula is C43H71F6N5O7. The van der Waals surface area contributed by atoms with Gasteiger partial charge in [0.05, 0.1) is 6.04 Å². The zero-order chi connectivity index (χ0) is 46.3. The van der Waals surface area contributed by atoms with E-state index >= 15 is 0 Å². The number of ether oxygens (including phenoxy) is 1. The Bertz CT molecular complexity index is 1480. The summed E-state index contributed by atoms with van der Waals surface area (Å²) in [6, 6.07) is -0.562. The van der Waals surface area contributed by atoms with Crippen molar-refractivity contribution in [2.45, 2.75) is 168 Å². The third kappa shape index (κ3) is 16.6. The Balaban J connectivity index is 0.000000784. The number of amides is 1. The van der Waals surface area contributed by atoms with Crippen LogP contribution in [0.2, 0.25) is 0 Å². The molecule has 0 unspecified atom stereocenters. The topological polar surface area (TPSA) is 220 Å². The highest BCUT2D eigenvalue weighted by Crippen LogP contribution is 2.67. The quantitative estimate of drug-likeness (QED) is 0.0205. The highest BCUT2D eigenvalue weighted by atomic mass is 19.4. The van der Waals surface area contributed by atoms with Crippen LogP contribution in [0.25, 0.3) is 0 Å². The van der Waals surface area contributed by atoms with Gasteiger partial charge in [-0.15, -0.1) is 0 Å². The van der Waals surface area contributed by atoms with E-state index in [1.807, 2.05) is 0 Å². The maximum atomic E-state index is 12.8. The molecule has 0 saturated heterocycles. The van der Waals surface area contributed by atoms with Gasteiger partial charge in [-0.25, -0.2) is 9.59 Å². The molecule has 3 saturated carbocycles. The lowest BCUT2D eigenvalue weighted by Gasteiger charge is -2.58. The van der Waals surface area contributed by atoms with Crippen LogP contribution in [-0.4, -0.2) is 77.6 Å². The molecule has 1 amide bonds. The van der Waals surface area contributed by atoms with Gasteiger partial charge in [-0.2, -0.15) is 26.3 Å². The van der Waals surface area contributed by atoms with Crippen LogP contribution in [0.4, 0.5) is 26.3 Å². The number of unbranched alkanes of at least 4 members (excludes halogenated alkanes) is 2. The highest BCUT2D eigenvalue weighted by Gasteiger charge is 2.59. The number of allylic oxidation sites excluding steroid dienone is 1. The number of carbonyl (C=O) groups is 4. The molecule has 0 heterocycles. The Labute approximate surface area is 356 Å². The van der Waals surface area contributed by atoms with E-state index < -0.39 is 30.3 Å². The van der Waals surface area contributed by atoms with E-state index in [0.29, 0.717) is 37.8 Å². The summed E-state index contributed by atoms with van der Waals surface area (Å²) in [6.07, 6.45) is 10.6. The maximum absolute atomic E-state index is 12.8. The van der Waals surface area contributed by atoms with Crippen molar-refractivity contribution in [1.82, 2.24) is 5.32 Å². The first-order chi connectivity index (χ1) is 28.2. The van der Waals surface area contributed by atoms with Crippen LogP contribution in [0.1, 0.15) is 144 Å². The van der Waals surface area contributed by atoms with Crippen LogP contribution in [-0.2, 0) is 23.9 Å². The number of aliphatic imine (C=N–C) groups is 1. The second-order valence-corrected chi connectivity index (χ2v) is 18.4. The number of alkyl halides is 6. The number of hydrogen-bond acceptors (Lipinski definition) is 7. The number of guanidine groups is 1. The molecule has 18 heteroatoms. The van der Waals surface area contributed by atoms with Crippen molar-refractivity contribution in [2.75, 3.05) is 13.1 Å². The molecule has 4 aliphatic rings. The number of carboxylic acid groups (broad SMARTS) is 2. The fourth-order valence-electron chi connectivity index (χ4n) is 10.6. The van der Waals surface area contributed by atoms with Gasteiger partial charge in [-0.05, 0) is 117 Å². The van der Waals surface area contributed by atoms with Gasteiger partial charge in [-0.1, -0.05) is 72.0 Å². The standard InChI is InChI=1S/C39H69N5O3.2C2HF3O2/c1-26(2)11-9-12-27(3)31-17-18-32-30-16-15-28-25-29(19-21-38(28,4)33(30)20-22-39(31,32)5)47-35(45)14-7-6-8-23-43-36(46)34(40)13-10-24-44-37(41)42;2*3-2(4,5)1(6)7/h15,26-27,29-34H,6-14,16-25,40H2,1-5H3,(H,43,46)(H4,41,42,44);2*(H,6,7)/t27-,29+,30+,31-,32+,33+,34-,38+,39-;;/m1../s1. The molecule has 61 heavy (non-hydrogen) atoms. The third-order valence-corrected chi connectivity index (χ3v) is 13.7. The molecule has 9 atom stereocenters. The Morgan fingerprint density at radius 3 is 2.05 bits per heavy atom. The van der Waals surface area contributed by atoms with Gasteiger partial charge < -0.3 is 37.5 Å². The average molecular weight is 884 g/mol. The maximum Gasteiger partial charge on any atom is 0.490 e. The predicted molar refractivity (Wildman–Crippen MR) is 220 cm³/mol. The summed E-state index contributed by atoms with van der Waals surface area (Å²) >= 11 is 0. The Hall–Kier alpha value is -3.57. The van der Waals surface area contributed by atoms with Crippen molar-refractivity contribution >= 4 is 29.8 Å². The molecule has 0 spiro atoms. The monoisotopic (exact) mass is 884 g/mol. The van der Waals surface area contributed by atoms with Gasteiger partial charge in [0.1, 0.15) is 6.10 Å². The number of hydrogen-bond donors (Lipinski definition) is 6. The van der Waals surface area contributed by atoms with Crippen LogP contribution < -0.4 is 22.5 Å². The van der Waals surface area contributed by atoms with Crippen LogP contribution in [0.3, 0.4) is 0 Å². The lowest BCUT2D eigenvalue weighted by atomic mass is 9.47. The molecule has 4 rings (SSSR count). The normalized spacial score (nSPS) is 27.8. The number of aliphatic carboxylic acids is 2. The van der Waals surface area contributed by atoms with E-state index in [1.165, 1.54) is 51.4 Å². The highest BCUT2D eigenvalue weighted by molar-refractivity contribution is 5.81. The van der Waals surface area contributed by atoms with Crippen molar-refractivity contribution in [3.05, 3.63) is 11.6 Å². The lowest BCUT2D eigenvalue weighted by Crippen LogP contribution is -2.51. The average Bonchev–Trinajstić information content (AvgIpc) is 3.51. The molecule has 3 fully saturated rings. The van der Waals surface area contributed by atoms with E-state index in [1.54, 1.807) is 5.57 Å². The molecule has 0 aliphatic heterocycles. The van der Waals surface area contributed by atoms with Gasteiger partial charge in [0, 0.05) is 25.9 Å². The van der Waals surface area contributed by atoms with Crippen molar-refractivity contribution in [3.8, 4) is 0 Å². The number of nitrogens with two attached hydrogens (primary N) is 3. The van der Waals surface area contributed by atoms with Crippen molar-refractivity contribution < 1.29 is 60.5 Å². The zero-order valence-electron chi connectivity index (χ0n) is 36.5. The molecule has 4 aliphatic carbocycles. The summed E-state index contributed by atoms with van der Waals surface area (Å²) in [7, 11) is 0. The van der Waals surface area contributed by atoms with Crippen molar-refractivity contribution in [3.63, 3.8) is 0 Å². The number of esters is 1. The largest absolute Gasteiger partial charge is 0.490 e. The minimum absolute atomic E-state index is 0.0162. The Morgan fingerprint density at radius 1 is 0.852 bits per heavy atom. The molecule has 9 N–H and O–H groups in total. The second-order valence-electron chi connectivity index (χ2n) is 18.4. The third-order valence-electron chi connectivity index (χ3n) is 13.7. The van der Waals surface area contributed by atoms with E-state index in [4.69, 9.17) is 41.7 Å². The zero-order valence-corrected chi connectivity index (χ0v) is 36.5. The summed E-state index contributed by atoms with van der Waals surface area (Å²) in [5, 5.41) is 17.1. The number of halogens is 6. The number of rotatable bonds is 17. The van der Waals surface area contributed by atoms with Crippen LogP contribution in [0.15, 0.2) is 16.6 Å². The molecule has 0 aromatic heterocycles. The summed E-state index contributed by atoms with van der Waals surface area (Å²) in [5.74, 6) is -0.657. The van der Waals surface area contributed by atoms with Crippen LogP contribution >= 0.6 is 0 Å². The summed E-state index contributed by atoms with van der Waals surface area (Å²) in [6.45, 7) is 13.5. The predicted octanol–water partition coefficient (Wildman–Crippen LogP) is 8.26. The molecule has 352 valence electrons. The first-order valence-corrected chi connectivity index (χ1v) is 21.8. The van der Waals surface area contributed by atoms with E-state index in [9.17, 15) is 35.9 Å². The van der Waals surface area contributed by atoms with Gasteiger partial charge >= 0.3 is 30.3 Å². The van der Waals surface area contributed by atoms with Crippen molar-refractivity contribution in [2.24, 2.45) is 68.5 Å². The molecular weight excluding hydrogens is 812 g/mol. The van der Waals surface area contributed by atoms with Gasteiger partial charge in [0.25, 0.3) is 0 Å². The molecule has 0 bridgehead atoms. The lowest BCUT2D eigenvalue weighted by molar-refractivity contribution is -0.193. The minimum atomic E-state index is -5.08. The second kappa shape index (κ2) is 23.8. The van der Waals surface area contributed by atoms with Crippen LogP contribution in [0.5, 0.6) is 0 Å². The summed E-state index contributed by atoms with van der Waals surface area (Å²) in [5.41, 5.74) is 18.9. The Kier molecular flexibility index (Phi) is 20.9. The molecule has 12 nitrogen and oxygen atoms in total. The number of carboxylic acids is 2. The first kappa shape index (κ1) is 53.6. The fourth-order valence-corrected chi connectivity index (χ4v) is 10.6. The smallest absolute Gasteiger partial charge is 0.475 e. The summed E-state index contributed by atoms with van der Waals surface area (Å²) in [4.78, 5) is 46.7. The van der Waals surface area contributed by atoms with Gasteiger partial charge in [0.15, 0.2) is 5.96 Å². The number of carbonyl (C=O) groups excluding carboxylic acids is 2. The minimum Gasteiger partial charge on any atom is -0.475 e. The molecule has 0 aromatic carbocycles. The number of nitrogens with one attached hydrogen (secondary N) is 1. The van der Waals surface area contributed by atoms with Crippen molar-refractivity contribution in [1.29, 1.82) is 0 Å². The first-order valence-electron chi connectivity index (χ1n) is 21.8. The van der Waals surface area contributed by atoms with Crippen LogP contribution in [0, 0.1) is 46.3 Å². The van der Waals surface area contributed by atoms with Gasteiger partial charge in [0.2, 0.25) is 5.91 Å². The van der Waals surface area contributed by atoms with E-state index in [0.717, 1.165) is 74.0 Å². The number of nitrogens with zero attached hydrogens (tertiary/aromatic N) is 1. The molecule has 0 aromatic rings.